The molecule has 2 aliphatic rings. The Hall–Kier alpha value is -2.47. The zero-order valence-corrected chi connectivity index (χ0v) is 17.1. The van der Waals surface area contributed by atoms with Crippen molar-refractivity contribution in [2.45, 2.75) is 31.8 Å². The third-order valence-electron chi connectivity index (χ3n) is 5.92. The molecule has 2 aliphatic heterocycles. The Morgan fingerprint density at radius 1 is 0.964 bits per heavy atom. The molecule has 1 spiro atoms. The van der Waals surface area contributed by atoms with E-state index in [1.54, 1.807) is 21.3 Å². The van der Waals surface area contributed by atoms with E-state index in [-0.39, 0.29) is 5.60 Å². The number of piperidine rings is 1. The number of methoxy groups -OCH3 is 3. The van der Waals surface area contributed by atoms with Crippen molar-refractivity contribution in [3.63, 3.8) is 0 Å². The summed E-state index contributed by atoms with van der Waals surface area (Å²) < 4.78 is 23.0. The third-order valence-corrected chi connectivity index (χ3v) is 5.92. The highest BCUT2D eigenvalue weighted by molar-refractivity contribution is 5.55. The molecule has 2 aromatic rings. The summed E-state index contributed by atoms with van der Waals surface area (Å²) in [6.07, 6.45) is 2.69. The van der Waals surface area contributed by atoms with Gasteiger partial charge in [-0.05, 0) is 61.6 Å². The molecule has 28 heavy (non-hydrogen) atoms. The molecule has 0 unspecified atom stereocenters. The molecule has 6 heteroatoms. The van der Waals surface area contributed by atoms with E-state index < -0.39 is 0 Å². The van der Waals surface area contributed by atoms with E-state index in [1.165, 1.54) is 11.1 Å². The van der Waals surface area contributed by atoms with Crippen molar-refractivity contribution in [2.24, 2.45) is 0 Å². The van der Waals surface area contributed by atoms with Gasteiger partial charge in [-0.15, -0.1) is 0 Å². The van der Waals surface area contributed by atoms with Crippen LogP contribution in [0.4, 0.5) is 5.82 Å². The summed E-state index contributed by atoms with van der Waals surface area (Å²) in [6, 6.07) is 8.18. The van der Waals surface area contributed by atoms with Gasteiger partial charge in [0.05, 0.1) is 33.5 Å². The molecule has 0 radical (unpaired) electrons. The van der Waals surface area contributed by atoms with E-state index in [4.69, 9.17) is 23.9 Å². The number of ether oxygens (including phenoxy) is 4. The Morgan fingerprint density at radius 2 is 1.64 bits per heavy atom. The van der Waals surface area contributed by atoms with Crippen molar-refractivity contribution < 1.29 is 18.9 Å². The Kier molecular flexibility index (Phi) is 5.06. The van der Waals surface area contributed by atoms with Gasteiger partial charge in [0.2, 0.25) is 0 Å². The minimum Gasteiger partial charge on any atom is -0.493 e. The van der Waals surface area contributed by atoms with E-state index in [1.807, 2.05) is 19.1 Å². The first-order chi connectivity index (χ1) is 13.6. The van der Waals surface area contributed by atoms with E-state index in [0.29, 0.717) is 0 Å². The first-order valence-corrected chi connectivity index (χ1v) is 9.76. The molecule has 0 saturated carbocycles. The minimum atomic E-state index is -0.277. The van der Waals surface area contributed by atoms with Gasteiger partial charge < -0.3 is 23.8 Å². The van der Waals surface area contributed by atoms with E-state index in [2.05, 4.69) is 17.0 Å². The molecule has 1 saturated heterocycles. The van der Waals surface area contributed by atoms with Crippen molar-refractivity contribution in [1.82, 2.24) is 4.98 Å². The van der Waals surface area contributed by atoms with Gasteiger partial charge in [0.1, 0.15) is 0 Å². The molecular formula is C22H28N2O4. The highest BCUT2D eigenvalue weighted by atomic mass is 16.5. The van der Waals surface area contributed by atoms with Gasteiger partial charge in [-0.1, -0.05) is 0 Å². The molecule has 1 aromatic heterocycles. The second-order valence-corrected chi connectivity index (χ2v) is 7.42. The molecule has 1 fully saturated rings. The molecule has 0 bridgehead atoms. The van der Waals surface area contributed by atoms with Crippen molar-refractivity contribution >= 4 is 5.82 Å². The van der Waals surface area contributed by atoms with Gasteiger partial charge in [-0.3, -0.25) is 0 Å². The largest absolute Gasteiger partial charge is 0.493 e. The molecule has 4 rings (SSSR count). The monoisotopic (exact) mass is 384 g/mol. The molecule has 0 atom stereocenters. The molecule has 150 valence electrons. The van der Waals surface area contributed by atoms with Crippen LogP contribution < -0.4 is 19.1 Å². The van der Waals surface area contributed by atoms with Crippen molar-refractivity contribution in [3.8, 4) is 17.2 Å². The number of rotatable bonds is 4. The van der Waals surface area contributed by atoms with Crippen LogP contribution in [0.3, 0.4) is 0 Å². The summed E-state index contributed by atoms with van der Waals surface area (Å²) >= 11 is 0. The molecular weight excluding hydrogens is 356 g/mol. The summed E-state index contributed by atoms with van der Waals surface area (Å²) in [4.78, 5) is 7.02. The number of nitrogens with zero attached hydrogens (tertiary/aromatic N) is 2. The Morgan fingerprint density at radius 3 is 2.32 bits per heavy atom. The zero-order valence-electron chi connectivity index (χ0n) is 17.1. The summed E-state index contributed by atoms with van der Waals surface area (Å²) in [6.45, 7) is 4.46. The Labute approximate surface area is 166 Å². The van der Waals surface area contributed by atoms with Crippen LogP contribution in [-0.4, -0.2) is 46.0 Å². The lowest BCUT2D eigenvalue weighted by atomic mass is 9.79. The average Bonchev–Trinajstić information content (AvgIpc) is 2.73. The lowest BCUT2D eigenvalue weighted by Crippen LogP contribution is -2.47. The first kappa shape index (κ1) is 18.9. The summed E-state index contributed by atoms with van der Waals surface area (Å²) in [5.41, 5.74) is 3.25. The van der Waals surface area contributed by atoms with Crippen molar-refractivity contribution in [1.29, 1.82) is 0 Å². The van der Waals surface area contributed by atoms with Crippen molar-refractivity contribution in [3.05, 3.63) is 41.1 Å². The van der Waals surface area contributed by atoms with Crippen LogP contribution in [0.5, 0.6) is 17.2 Å². The fraction of sp³-hybridized carbons (Fsp3) is 0.500. The molecule has 6 nitrogen and oxygen atoms in total. The van der Waals surface area contributed by atoms with E-state index >= 15 is 0 Å². The second kappa shape index (κ2) is 7.51. The number of anilines is 1. The maximum atomic E-state index is 6.40. The summed E-state index contributed by atoms with van der Waals surface area (Å²) in [5.74, 6) is 3.28. The standard InChI is InChI=1S/C22H28N2O4/c1-15-5-6-18(25-2)21(23-15)24-10-8-22(9-11-24)17-14-20(27-4)19(26-3)13-16(17)7-12-28-22/h5-6,13-14H,7-12H2,1-4H3. The Balaban J connectivity index is 1.63. The minimum absolute atomic E-state index is 0.277. The van der Waals surface area contributed by atoms with Gasteiger partial charge in [0.25, 0.3) is 0 Å². The van der Waals surface area contributed by atoms with Crippen molar-refractivity contribution in [2.75, 3.05) is 45.9 Å². The normalized spacial score (nSPS) is 17.9. The van der Waals surface area contributed by atoms with Crippen LogP contribution >= 0.6 is 0 Å². The number of aromatic nitrogens is 1. The number of hydrogen-bond acceptors (Lipinski definition) is 6. The smallest absolute Gasteiger partial charge is 0.171 e. The lowest BCUT2D eigenvalue weighted by Gasteiger charge is -2.45. The predicted octanol–water partition coefficient (Wildman–Crippen LogP) is 3.48. The van der Waals surface area contributed by atoms with Gasteiger partial charge in [-0.25, -0.2) is 4.98 Å². The zero-order chi connectivity index (χ0) is 19.7. The summed E-state index contributed by atoms with van der Waals surface area (Å²) in [7, 11) is 5.06. The third kappa shape index (κ3) is 3.15. The number of benzene rings is 1. The second-order valence-electron chi connectivity index (χ2n) is 7.42. The van der Waals surface area contributed by atoms with Crippen LogP contribution in [-0.2, 0) is 16.8 Å². The Bertz CT molecular complexity index is 860. The highest BCUT2D eigenvalue weighted by Crippen LogP contribution is 2.46. The van der Waals surface area contributed by atoms with Crippen LogP contribution in [0.15, 0.2) is 24.3 Å². The fourth-order valence-electron chi connectivity index (χ4n) is 4.40. The quantitative estimate of drug-likeness (QED) is 0.804. The number of pyridine rings is 1. The van der Waals surface area contributed by atoms with Crippen LogP contribution in [0.2, 0.25) is 0 Å². The van der Waals surface area contributed by atoms with Gasteiger partial charge in [0, 0.05) is 18.8 Å². The maximum absolute atomic E-state index is 6.40. The van der Waals surface area contributed by atoms with E-state index in [9.17, 15) is 0 Å². The number of hydrogen-bond donors (Lipinski definition) is 0. The highest BCUT2D eigenvalue weighted by Gasteiger charge is 2.42. The fourth-order valence-corrected chi connectivity index (χ4v) is 4.40. The number of fused-ring (bicyclic) bond motifs is 2. The average molecular weight is 384 g/mol. The van der Waals surface area contributed by atoms with Gasteiger partial charge >= 0.3 is 0 Å². The number of aryl methyl sites for hydroxylation is 1. The maximum Gasteiger partial charge on any atom is 0.171 e. The van der Waals surface area contributed by atoms with E-state index in [0.717, 1.165) is 67.7 Å². The summed E-state index contributed by atoms with van der Waals surface area (Å²) in [5, 5.41) is 0. The van der Waals surface area contributed by atoms with Gasteiger partial charge in [-0.2, -0.15) is 0 Å². The van der Waals surface area contributed by atoms with Crippen LogP contribution in [0.25, 0.3) is 0 Å². The van der Waals surface area contributed by atoms with Crippen LogP contribution in [0.1, 0.15) is 29.7 Å². The molecule has 0 aliphatic carbocycles. The lowest BCUT2D eigenvalue weighted by molar-refractivity contribution is -0.0768. The molecule has 1 aromatic carbocycles. The van der Waals surface area contributed by atoms with Crippen LogP contribution in [0, 0.1) is 6.92 Å². The molecule has 3 heterocycles. The topological polar surface area (TPSA) is 53.1 Å². The molecule has 0 N–H and O–H groups in total. The SMILES string of the molecule is COc1cc2c(cc1OC)C1(CCN(c3nc(C)ccc3OC)CC1)OCC2. The first-order valence-electron chi connectivity index (χ1n) is 9.76. The van der Waals surface area contributed by atoms with Gasteiger partial charge in [0.15, 0.2) is 23.1 Å². The molecule has 0 amide bonds. The predicted molar refractivity (Wildman–Crippen MR) is 108 cm³/mol.